The van der Waals surface area contributed by atoms with Gasteiger partial charge in [-0.05, 0) is 42.2 Å². The highest BCUT2D eigenvalue weighted by atomic mass is 16.5. The van der Waals surface area contributed by atoms with Gasteiger partial charge in [0.2, 0.25) is 0 Å². The van der Waals surface area contributed by atoms with Crippen molar-refractivity contribution in [1.82, 2.24) is 15.0 Å². The lowest BCUT2D eigenvalue weighted by Crippen LogP contribution is -2.00. The van der Waals surface area contributed by atoms with Gasteiger partial charge in [-0.3, -0.25) is 4.99 Å². The van der Waals surface area contributed by atoms with Gasteiger partial charge >= 0.3 is 0 Å². The van der Waals surface area contributed by atoms with E-state index in [4.69, 9.17) is 4.74 Å². The van der Waals surface area contributed by atoms with Crippen LogP contribution in [0, 0.1) is 6.92 Å². The Labute approximate surface area is 140 Å². The number of nitrogens with zero attached hydrogens (tertiary/aromatic N) is 3. The average Bonchev–Trinajstić information content (AvgIpc) is 3.18. The van der Waals surface area contributed by atoms with E-state index in [-0.39, 0.29) is 0 Å². The Morgan fingerprint density at radius 2 is 2.17 bits per heavy atom. The number of methoxy groups -OCH3 is 1. The second-order valence-electron chi connectivity index (χ2n) is 5.87. The highest BCUT2D eigenvalue weighted by Crippen LogP contribution is 2.34. The highest BCUT2D eigenvalue weighted by Gasteiger charge is 2.16. The van der Waals surface area contributed by atoms with Gasteiger partial charge in [0.15, 0.2) is 0 Å². The molecule has 0 saturated heterocycles. The molecule has 4 rings (SSSR count). The number of anilines is 2. The van der Waals surface area contributed by atoms with E-state index in [1.165, 1.54) is 16.8 Å². The summed E-state index contributed by atoms with van der Waals surface area (Å²) in [5.74, 6) is 1.57. The Balaban J connectivity index is 1.83. The first-order valence-electron chi connectivity index (χ1n) is 8.01. The van der Waals surface area contributed by atoms with E-state index < -0.39 is 0 Å². The summed E-state index contributed by atoms with van der Waals surface area (Å²) in [6, 6.07) is 4.09. The number of aromatic nitrogens is 3. The van der Waals surface area contributed by atoms with Gasteiger partial charge in [-0.15, -0.1) is 0 Å². The van der Waals surface area contributed by atoms with Gasteiger partial charge in [0.25, 0.3) is 0 Å². The van der Waals surface area contributed by atoms with Gasteiger partial charge in [0, 0.05) is 11.9 Å². The van der Waals surface area contributed by atoms with Crippen molar-refractivity contribution in [2.75, 3.05) is 12.4 Å². The van der Waals surface area contributed by atoms with Gasteiger partial charge in [-0.1, -0.05) is 6.92 Å². The molecular weight excluding hydrogens is 302 g/mol. The largest absolute Gasteiger partial charge is 0.495 e. The smallest absolute Gasteiger partial charge is 0.143 e. The van der Waals surface area contributed by atoms with Crippen LogP contribution >= 0.6 is 0 Å². The van der Waals surface area contributed by atoms with Crippen LogP contribution in [-0.2, 0) is 13.0 Å². The summed E-state index contributed by atoms with van der Waals surface area (Å²) in [5.41, 5.74) is 6.38. The number of benzene rings is 1. The zero-order valence-electron chi connectivity index (χ0n) is 14.0. The second kappa shape index (κ2) is 5.63. The maximum Gasteiger partial charge on any atom is 0.143 e. The van der Waals surface area contributed by atoms with Crippen molar-refractivity contribution in [3.05, 3.63) is 40.8 Å². The van der Waals surface area contributed by atoms with Crippen molar-refractivity contribution in [2.45, 2.75) is 26.8 Å². The highest BCUT2D eigenvalue weighted by molar-refractivity contribution is 5.94. The lowest BCUT2D eigenvalue weighted by molar-refractivity contribution is 0.416. The van der Waals surface area contributed by atoms with Gasteiger partial charge in [0.1, 0.15) is 23.5 Å². The monoisotopic (exact) mass is 321 g/mol. The molecule has 1 aromatic carbocycles. The zero-order valence-corrected chi connectivity index (χ0v) is 14.0. The molecule has 6 heteroatoms. The first-order chi connectivity index (χ1) is 11.7. The lowest BCUT2D eigenvalue weighted by atomic mass is 10.1. The molecule has 0 bridgehead atoms. The molecule has 0 aliphatic carbocycles. The third kappa shape index (κ3) is 2.22. The van der Waals surface area contributed by atoms with Crippen molar-refractivity contribution in [2.24, 2.45) is 4.99 Å². The molecule has 0 unspecified atom stereocenters. The second-order valence-corrected chi connectivity index (χ2v) is 5.87. The predicted octanol–water partition coefficient (Wildman–Crippen LogP) is 3.51. The molecule has 0 atom stereocenters. The van der Waals surface area contributed by atoms with Crippen LogP contribution in [0.4, 0.5) is 11.5 Å². The molecule has 3 aromatic rings. The summed E-state index contributed by atoms with van der Waals surface area (Å²) in [5, 5.41) is 4.44. The SMILES string of the molecule is CCc1[nH]c2ncnc(Nc3cc4c(cc3OC)CN=C4)c2c1C. The Morgan fingerprint density at radius 1 is 1.29 bits per heavy atom. The van der Waals surface area contributed by atoms with Gasteiger partial charge in [-0.2, -0.15) is 0 Å². The van der Waals surface area contributed by atoms with E-state index in [2.05, 4.69) is 45.2 Å². The molecule has 6 nitrogen and oxygen atoms in total. The molecule has 2 N–H and O–H groups in total. The van der Waals surface area contributed by atoms with E-state index in [9.17, 15) is 0 Å². The Bertz CT molecular complexity index is 958. The number of rotatable bonds is 4. The summed E-state index contributed by atoms with van der Waals surface area (Å²) in [4.78, 5) is 16.5. The molecule has 1 aliphatic heterocycles. The Morgan fingerprint density at radius 3 is 2.96 bits per heavy atom. The molecule has 0 amide bonds. The fourth-order valence-electron chi connectivity index (χ4n) is 3.20. The fraction of sp³-hybridized carbons (Fsp3) is 0.278. The summed E-state index contributed by atoms with van der Waals surface area (Å²) < 4.78 is 5.54. The lowest BCUT2D eigenvalue weighted by Gasteiger charge is -2.13. The maximum absolute atomic E-state index is 5.54. The number of aryl methyl sites for hydroxylation is 2. The number of hydrogen-bond donors (Lipinski definition) is 2. The van der Waals surface area contributed by atoms with E-state index in [1.54, 1.807) is 13.4 Å². The van der Waals surface area contributed by atoms with Crippen LogP contribution in [0.3, 0.4) is 0 Å². The standard InChI is InChI=1S/C18H19N5O/c1-4-13-10(2)16-17(22-13)20-9-21-18(16)23-14-5-11-7-19-8-12(11)6-15(14)24-3/h5-7,9H,4,8H2,1-3H3,(H2,20,21,22,23). The minimum absolute atomic E-state index is 0.709. The molecule has 0 spiro atoms. The number of hydrogen-bond acceptors (Lipinski definition) is 5. The molecule has 1 aliphatic rings. The number of aliphatic imine (C=N–C) groups is 1. The van der Waals surface area contributed by atoms with Crippen LogP contribution in [0.25, 0.3) is 11.0 Å². The summed E-state index contributed by atoms with van der Waals surface area (Å²) in [7, 11) is 1.68. The van der Waals surface area contributed by atoms with Crippen molar-refractivity contribution in [1.29, 1.82) is 0 Å². The van der Waals surface area contributed by atoms with Gasteiger partial charge < -0.3 is 15.0 Å². The molecule has 2 aromatic heterocycles. The topological polar surface area (TPSA) is 75.2 Å². The predicted molar refractivity (Wildman–Crippen MR) is 95.6 cm³/mol. The Kier molecular flexibility index (Phi) is 3.45. The van der Waals surface area contributed by atoms with Crippen LogP contribution in [0.15, 0.2) is 23.5 Å². The number of aromatic amines is 1. The zero-order chi connectivity index (χ0) is 16.7. The molecule has 0 saturated carbocycles. The van der Waals surface area contributed by atoms with Crippen molar-refractivity contribution in [3.8, 4) is 5.75 Å². The molecule has 24 heavy (non-hydrogen) atoms. The number of ether oxygens (including phenoxy) is 1. The van der Waals surface area contributed by atoms with Gasteiger partial charge in [0.05, 0.1) is 24.7 Å². The third-order valence-electron chi connectivity index (χ3n) is 4.50. The van der Waals surface area contributed by atoms with Crippen LogP contribution in [0.2, 0.25) is 0 Å². The maximum atomic E-state index is 5.54. The van der Waals surface area contributed by atoms with Gasteiger partial charge in [-0.25, -0.2) is 9.97 Å². The fourth-order valence-corrected chi connectivity index (χ4v) is 3.20. The van der Waals surface area contributed by atoms with Crippen molar-refractivity contribution < 1.29 is 4.74 Å². The Hall–Kier alpha value is -2.89. The number of H-pyrrole nitrogens is 1. The van der Waals surface area contributed by atoms with Crippen LogP contribution < -0.4 is 10.1 Å². The minimum Gasteiger partial charge on any atom is -0.495 e. The van der Waals surface area contributed by atoms with E-state index in [1.807, 2.05) is 12.3 Å². The molecular formula is C18H19N5O. The number of nitrogens with one attached hydrogen (secondary N) is 2. The van der Waals surface area contributed by atoms with Crippen molar-refractivity contribution >= 4 is 28.8 Å². The molecule has 0 fully saturated rings. The molecule has 122 valence electrons. The number of fused-ring (bicyclic) bond motifs is 2. The molecule has 0 radical (unpaired) electrons. The van der Waals surface area contributed by atoms with E-state index in [0.717, 1.165) is 40.3 Å². The normalized spacial score (nSPS) is 12.6. The van der Waals surface area contributed by atoms with Crippen molar-refractivity contribution in [3.63, 3.8) is 0 Å². The van der Waals surface area contributed by atoms with Crippen LogP contribution in [-0.4, -0.2) is 28.3 Å². The summed E-state index contributed by atoms with van der Waals surface area (Å²) in [6.07, 6.45) is 4.40. The summed E-state index contributed by atoms with van der Waals surface area (Å²) in [6.45, 7) is 4.93. The van der Waals surface area contributed by atoms with Crippen LogP contribution in [0.1, 0.15) is 29.3 Å². The van der Waals surface area contributed by atoms with E-state index >= 15 is 0 Å². The van der Waals surface area contributed by atoms with E-state index in [0.29, 0.717) is 6.54 Å². The first kappa shape index (κ1) is 14.7. The molecule has 3 heterocycles. The summed E-state index contributed by atoms with van der Waals surface area (Å²) >= 11 is 0. The van der Waals surface area contributed by atoms with Crippen LogP contribution in [0.5, 0.6) is 5.75 Å². The third-order valence-corrected chi connectivity index (χ3v) is 4.50. The first-order valence-corrected chi connectivity index (χ1v) is 8.01. The minimum atomic E-state index is 0.709. The average molecular weight is 321 g/mol. The quantitative estimate of drug-likeness (QED) is 0.771.